The summed E-state index contributed by atoms with van der Waals surface area (Å²) in [6.07, 6.45) is 1.85. The molecule has 1 aliphatic heterocycles. The Labute approximate surface area is 283 Å². The fourth-order valence-corrected chi connectivity index (χ4v) is 7.72. The topological polar surface area (TPSA) is 144 Å². The Morgan fingerprint density at radius 1 is 0.833 bits per heavy atom. The van der Waals surface area contributed by atoms with Crippen molar-refractivity contribution in [2.75, 3.05) is 13.6 Å². The maximum Gasteiger partial charge on any atom is 0.478 e. The average molecular weight is 661 g/mol. The second-order valence-electron chi connectivity index (χ2n) is 14.5. The first-order valence-electron chi connectivity index (χ1n) is 17.0. The highest BCUT2D eigenvalue weighted by Crippen LogP contribution is 2.65. The summed E-state index contributed by atoms with van der Waals surface area (Å²) in [6, 6.07) is 15.8. The summed E-state index contributed by atoms with van der Waals surface area (Å²) in [5.74, 6) is -0.737. The van der Waals surface area contributed by atoms with Gasteiger partial charge in [0.2, 0.25) is 17.7 Å². The Balaban J connectivity index is 1.29. The Hall–Kier alpha value is -3.90. The van der Waals surface area contributed by atoms with Crippen molar-refractivity contribution in [1.82, 2.24) is 21.3 Å². The Kier molecular flexibility index (Phi) is 10.8. The van der Waals surface area contributed by atoms with Gasteiger partial charge in [-0.3, -0.25) is 14.4 Å². The lowest BCUT2D eigenvalue weighted by Gasteiger charge is -2.64. The van der Waals surface area contributed by atoms with Crippen LogP contribution in [0.25, 0.3) is 0 Å². The van der Waals surface area contributed by atoms with E-state index in [1.54, 1.807) is 13.8 Å². The lowest BCUT2D eigenvalue weighted by atomic mass is 9.43. The quantitative estimate of drug-likeness (QED) is 0.242. The highest BCUT2D eigenvalue weighted by Gasteiger charge is 2.67. The van der Waals surface area contributed by atoms with E-state index < -0.39 is 48.8 Å². The molecule has 3 aliphatic carbocycles. The van der Waals surface area contributed by atoms with Crippen molar-refractivity contribution in [2.24, 2.45) is 23.2 Å². The minimum atomic E-state index is -1.04. The predicted molar refractivity (Wildman–Crippen MR) is 181 cm³/mol. The summed E-state index contributed by atoms with van der Waals surface area (Å²) in [5, 5.41) is 11.2. The Morgan fingerprint density at radius 3 is 1.94 bits per heavy atom. The number of hydrogen-bond donors (Lipinski definition) is 4. The summed E-state index contributed by atoms with van der Waals surface area (Å²) in [4.78, 5) is 53.2. The van der Waals surface area contributed by atoms with Crippen molar-refractivity contribution >= 4 is 30.9 Å². The fourth-order valence-electron chi connectivity index (χ4n) is 7.72. The molecule has 48 heavy (non-hydrogen) atoms. The smallest absolute Gasteiger partial charge is 0.453 e. The van der Waals surface area contributed by atoms with Gasteiger partial charge in [-0.15, -0.1) is 0 Å². The van der Waals surface area contributed by atoms with Gasteiger partial charge in [0.25, 0.3) is 0 Å². The van der Waals surface area contributed by atoms with Crippen molar-refractivity contribution in [3.8, 4) is 0 Å². The molecule has 4 amide bonds. The molecule has 11 nitrogen and oxygen atoms in total. The molecule has 6 rings (SSSR count). The average Bonchev–Trinajstić information content (AvgIpc) is 3.42. The molecule has 4 fully saturated rings. The molecule has 1 heterocycles. The first-order valence-corrected chi connectivity index (χ1v) is 17.0. The minimum absolute atomic E-state index is 0.0123. The zero-order chi connectivity index (χ0) is 34.6. The van der Waals surface area contributed by atoms with Crippen LogP contribution in [-0.4, -0.2) is 74.3 Å². The van der Waals surface area contributed by atoms with Gasteiger partial charge in [-0.05, 0) is 54.1 Å². The molecule has 2 aromatic carbocycles. The number of amides is 4. The van der Waals surface area contributed by atoms with Crippen LogP contribution in [-0.2, 0) is 41.3 Å². The van der Waals surface area contributed by atoms with Gasteiger partial charge in [-0.2, -0.15) is 0 Å². The largest absolute Gasteiger partial charge is 0.478 e. The van der Waals surface area contributed by atoms with Crippen LogP contribution in [0.1, 0.15) is 58.6 Å². The number of hydrogen-bond acceptors (Lipinski definition) is 7. The van der Waals surface area contributed by atoms with E-state index in [4.69, 9.17) is 14.0 Å². The Bertz CT molecular complexity index is 1460. The molecule has 4 unspecified atom stereocenters. The number of ether oxygens (including phenoxy) is 1. The molecule has 4 N–H and O–H groups in total. The van der Waals surface area contributed by atoms with E-state index >= 15 is 0 Å². The molecule has 0 aromatic heterocycles. The highest BCUT2D eigenvalue weighted by atomic mass is 16.7. The molecule has 1 saturated heterocycles. The van der Waals surface area contributed by atoms with Crippen LogP contribution in [0.5, 0.6) is 0 Å². The molecule has 0 radical (unpaired) electrons. The van der Waals surface area contributed by atoms with Crippen LogP contribution >= 0.6 is 0 Å². The molecule has 7 atom stereocenters. The van der Waals surface area contributed by atoms with E-state index in [1.807, 2.05) is 60.7 Å². The maximum atomic E-state index is 14.0. The first kappa shape index (κ1) is 35.4. The normalized spacial score (nSPS) is 25.5. The van der Waals surface area contributed by atoms with E-state index in [9.17, 15) is 19.2 Å². The van der Waals surface area contributed by atoms with Crippen LogP contribution in [0, 0.1) is 23.2 Å². The number of methoxy groups -OCH3 is 1. The van der Waals surface area contributed by atoms with Gasteiger partial charge in [0.1, 0.15) is 18.1 Å². The van der Waals surface area contributed by atoms with Crippen molar-refractivity contribution in [1.29, 1.82) is 0 Å². The molecule has 258 valence electrons. The van der Waals surface area contributed by atoms with E-state index in [-0.39, 0.29) is 42.6 Å². The van der Waals surface area contributed by atoms with E-state index in [2.05, 4.69) is 42.0 Å². The monoisotopic (exact) mass is 660 g/mol. The van der Waals surface area contributed by atoms with Gasteiger partial charge in [0.05, 0.1) is 25.3 Å². The molecular formula is C36H49BN4O7. The van der Waals surface area contributed by atoms with E-state index in [0.717, 1.165) is 24.0 Å². The van der Waals surface area contributed by atoms with Crippen molar-refractivity contribution in [3.63, 3.8) is 0 Å². The van der Waals surface area contributed by atoms with Crippen LogP contribution in [0.15, 0.2) is 60.7 Å². The molecule has 0 spiro atoms. The number of carbonyl (C=O) groups excluding carboxylic acids is 4. The zero-order valence-corrected chi connectivity index (χ0v) is 28.8. The van der Waals surface area contributed by atoms with Gasteiger partial charge in [0, 0.05) is 12.8 Å². The maximum absolute atomic E-state index is 14.0. The number of carbonyl (C=O) groups is 4. The lowest BCUT2D eigenvalue weighted by Crippen LogP contribution is -2.65. The second kappa shape index (κ2) is 14.7. The van der Waals surface area contributed by atoms with Crippen molar-refractivity contribution < 1.29 is 33.2 Å². The van der Waals surface area contributed by atoms with Gasteiger partial charge in [-0.25, -0.2) is 4.79 Å². The standard InChI is InChI=1S/C36H49BN4O7/c1-22(2)30(41-34(45)46-6)33(44)40-27(18-24-15-11-8-12-16-24)32(43)39-26(17-23-13-9-7-10-14-23)31(42)38-21-37-47-29-20-25-19-28(35(25,3)4)36(29,5)48-37/h7-16,22,25-30H,17-21H2,1-6H3,(H,38,42)(H,39,43)(H,40,44)(H,41,45)/t25-,26?,27?,28?,29+,30?,36-/m0/s1. The summed E-state index contributed by atoms with van der Waals surface area (Å²) in [5.41, 5.74) is 1.48. The van der Waals surface area contributed by atoms with Crippen molar-refractivity contribution in [3.05, 3.63) is 71.8 Å². The lowest BCUT2D eigenvalue weighted by molar-refractivity contribution is -0.199. The molecule has 4 aliphatic rings. The highest BCUT2D eigenvalue weighted by molar-refractivity contribution is 6.46. The fraction of sp³-hybridized carbons (Fsp3) is 0.556. The number of alkyl carbamates (subject to hydrolysis) is 1. The number of rotatable bonds is 13. The Morgan fingerprint density at radius 2 is 1.40 bits per heavy atom. The van der Waals surface area contributed by atoms with Crippen LogP contribution < -0.4 is 21.3 Å². The van der Waals surface area contributed by atoms with Crippen LogP contribution in [0.4, 0.5) is 4.79 Å². The second-order valence-corrected chi connectivity index (χ2v) is 14.5. The van der Waals surface area contributed by atoms with Gasteiger partial charge in [0.15, 0.2) is 0 Å². The third-order valence-electron chi connectivity index (χ3n) is 10.7. The molecule has 3 saturated carbocycles. The van der Waals surface area contributed by atoms with Gasteiger partial charge in [-0.1, -0.05) is 88.4 Å². The molecule has 2 aromatic rings. The zero-order valence-electron chi connectivity index (χ0n) is 28.8. The molecular weight excluding hydrogens is 611 g/mol. The third-order valence-corrected chi connectivity index (χ3v) is 10.7. The van der Waals surface area contributed by atoms with Gasteiger partial charge < -0.3 is 35.3 Å². The van der Waals surface area contributed by atoms with E-state index in [1.165, 1.54) is 7.11 Å². The summed E-state index contributed by atoms with van der Waals surface area (Å²) >= 11 is 0. The summed E-state index contributed by atoms with van der Waals surface area (Å²) in [7, 11) is 0.628. The summed E-state index contributed by atoms with van der Waals surface area (Å²) in [6.45, 7) is 10.3. The molecule has 2 bridgehead atoms. The van der Waals surface area contributed by atoms with Crippen LogP contribution in [0.3, 0.4) is 0 Å². The number of benzene rings is 2. The van der Waals surface area contributed by atoms with Crippen LogP contribution in [0.2, 0.25) is 0 Å². The number of nitrogens with one attached hydrogen (secondary N) is 4. The third kappa shape index (κ3) is 7.70. The van der Waals surface area contributed by atoms with Crippen molar-refractivity contribution in [2.45, 2.75) is 90.1 Å². The minimum Gasteiger partial charge on any atom is -0.453 e. The van der Waals surface area contributed by atoms with E-state index in [0.29, 0.717) is 11.8 Å². The SMILES string of the molecule is COC(=O)NC(C(=O)NC(Cc1ccccc1)C(=O)NC(Cc1ccccc1)C(=O)NCB1O[C@@H]2C[C@@H]3CC(C3(C)C)[C@]2(C)O1)C(C)C. The van der Waals surface area contributed by atoms with Gasteiger partial charge >= 0.3 is 13.2 Å². The predicted octanol–water partition coefficient (Wildman–Crippen LogP) is 3.21. The summed E-state index contributed by atoms with van der Waals surface area (Å²) < 4.78 is 17.5. The molecule has 12 heteroatoms. The first-order chi connectivity index (χ1) is 22.8.